The largest absolute Gasteiger partial charge is 0.445 e. The third-order valence-electron chi connectivity index (χ3n) is 6.15. The minimum atomic E-state index is -0.390. The Morgan fingerprint density at radius 1 is 0.967 bits per heavy atom. The van der Waals surface area contributed by atoms with Gasteiger partial charge in [0.05, 0.1) is 0 Å². The van der Waals surface area contributed by atoms with E-state index in [-0.39, 0.29) is 30.6 Å². The van der Waals surface area contributed by atoms with Gasteiger partial charge in [-0.15, -0.1) is 0 Å². The summed E-state index contributed by atoms with van der Waals surface area (Å²) in [6.45, 7) is 2.14. The molecular formula is C24H29N3O3. The van der Waals surface area contributed by atoms with Crippen LogP contribution >= 0.6 is 0 Å². The Hall–Kier alpha value is -2.86. The molecular weight excluding hydrogens is 378 g/mol. The number of amides is 2. The molecule has 6 heteroatoms. The molecule has 3 N–H and O–H groups in total. The molecule has 1 aliphatic carbocycles. The van der Waals surface area contributed by atoms with Crippen LogP contribution < -0.4 is 11.1 Å². The van der Waals surface area contributed by atoms with Gasteiger partial charge >= 0.3 is 6.09 Å². The van der Waals surface area contributed by atoms with Gasteiger partial charge in [-0.1, -0.05) is 48.5 Å². The number of nitrogens with zero attached hydrogens (tertiary/aromatic N) is 1. The maximum absolute atomic E-state index is 13.0. The number of nitrogens with one attached hydrogen (secondary N) is 1. The van der Waals surface area contributed by atoms with E-state index in [2.05, 4.69) is 17.4 Å². The number of hydrogen-bond donors (Lipinski definition) is 2. The monoisotopic (exact) mass is 407 g/mol. The van der Waals surface area contributed by atoms with E-state index in [1.165, 1.54) is 11.1 Å². The van der Waals surface area contributed by atoms with Gasteiger partial charge in [-0.3, -0.25) is 4.79 Å². The van der Waals surface area contributed by atoms with Crippen LogP contribution in [0, 0.1) is 5.92 Å². The molecule has 0 unspecified atom stereocenters. The standard InChI is InChI=1S/C24H29N3O3/c25-13-18-6-7-20-14-27(15-21(20)12-18)23(28)19-8-10-22(11-9-19)26-24(29)30-16-17-4-2-1-3-5-17/h1-7,12,19,22H,8-11,13-16,25H2,(H,26,29). The van der Waals surface area contributed by atoms with Gasteiger partial charge in [0.1, 0.15) is 6.61 Å². The molecule has 2 aromatic rings. The molecule has 0 radical (unpaired) electrons. The second-order valence-corrected chi connectivity index (χ2v) is 8.26. The van der Waals surface area contributed by atoms with Crippen molar-refractivity contribution in [3.05, 3.63) is 70.8 Å². The SMILES string of the molecule is NCc1ccc2c(c1)CN(C(=O)C1CCC(NC(=O)OCc3ccccc3)CC1)C2. The Bertz CT molecular complexity index is 892. The molecule has 0 spiro atoms. The zero-order valence-electron chi connectivity index (χ0n) is 17.2. The van der Waals surface area contributed by atoms with Gasteiger partial charge in [0, 0.05) is 31.6 Å². The van der Waals surface area contributed by atoms with Crippen molar-refractivity contribution in [2.75, 3.05) is 0 Å². The van der Waals surface area contributed by atoms with E-state index in [0.717, 1.165) is 36.8 Å². The van der Waals surface area contributed by atoms with Gasteiger partial charge in [-0.25, -0.2) is 4.79 Å². The highest BCUT2D eigenvalue weighted by atomic mass is 16.5. The molecule has 4 rings (SSSR count). The van der Waals surface area contributed by atoms with Gasteiger partial charge in [0.2, 0.25) is 5.91 Å². The van der Waals surface area contributed by atoms with Crippen LogP contribution in [0.1, 0.15) is 47.9 Å². The molecule has 0 bridgehead atoms. The second-order valence-electron chi connectivity index (χ2n) is 8.26. The van der Waals surface area contributed by atoms with Gasteiger partial charge in [0.25, 0.3) is 0 Å². The minimum Gasteiger partial charge on any atom is -0.445 e. The van der Waals surface area contributed by atoms with E-state index in [1.807, 2.05) is 41.3 Å². The summed E-state index contributed by atoms with van der Waals surface area (Å²) >= 11 is 0. The maximum atomic E-state index is 13.0. The normalized spacial score (nSPS) is 20.5. The van der Waals surface area contributed by atoms with Crippen molar-refractivity contribution in [1.29, 1.82) is 0 Å². The van der Waals surface area contributed by atoms with Crippen LogP contribution in [0.2, 0.25) is 0 Å². The molecule has 2 amide bonds. The van der Waals surface area contributed by atoms with E-state index in [4.69, 9.17) is 10.5 Å². The maximum Gasteiger partial charge on any atom is 0.407 e. The predicted molar refractivity (Wildman–Crippen MR) is 114 cm³/mol. The average molecular weight is 408 g/mol. The highest BCUT2D eigenvalue weighted by molar-refractivity contribution is 5.79. The summed E-state index contributed by atoms with van der Waals surface area (Å²) in [7, 11) is 0. The zero-order valence-corrected chi connectivity index (χ0v) is 17.2. The summed E-state index contributed by atoms with van der Waals surface area (Å²) in [5, 5.41) is 2.95. The van der Waals surface area contributed by atoms with Crippen LogP contribution in [0.4, 0.5) is 4.79 Å². The van der Waals surface area contributed by atoms with E-state index < -0.39 is 0 Å². The molecule has 1 aliphatic heterocycles. The van der Waals surface area contributed by atoms with Crippen LogP contribution in [0.3, 0.4) is 0 Å². The summed E-state index contributed by atoms with van der Waals surface area (Å²) in [5.41, 5.74) is 10.2. The Morgan fingerprint density at radius 3 is 2.43 bits per heavy atom. The number of rotatable bonds is 5. The number of fused-ring (bicyclic) bond motifs is 1. The highest BCUT2D eigenvalue weighted by Gasteiger charge is 2.32. The summed E-state index contributed by atoms with van der Waals surface area (Å²) in [6, 6.07) is 15.9. The molecule has 1 fully saturated rings. The molecule has 6 nitrogen and oxygen atoms in total. The van der Waals surface area contributed by atoms with E-state index in [1.54, 1.807) is 0 Å². The molecule has 0 saturated heterocycles. The minimum absolute atomic E-state index is 0.0340. The first-order valence-corrected chi connectivity index (χ1v) is 10.7. The second kappa shape index (κ2) is 9.30. The number of nitrogens with two attached hydrogens (primary N) is 1. The molecule has 0 aromatic heterocycles. The highest BCUT2D eigenvalue weighted by Crippen LogP contribution is 2.30. The van der Waals surface area contributed by atoms with Crippen molar-refractivity contribution in [2.45, 2.75) is 58.0 Å². The number of carbonyl (C=O) groups excluding carboxylic acids is 2. The molecule has 2 aromatic carbocycles. The van der Waals surface area contributed by atoms with E-state index in [0.29, 0.717) is 19.6 Å². The average Bonchev–Trinajstić information content (AvgIpc) is 3.22. The molecule has 30 heavy (non-hydrogen) atoms. The Kier molecular flexibility index (Phi) is 6.33. The molecule has 1 heterocycles. The number of benzene rings is 2. The van der Waals surface area contributed by atoms with E-state index in [9.17, 15) is 9.59 Å². The summed E-state index contributed by atoms with van der Waals surface area (Å²) in [6.07, 6.45) is 2.80. The van der Waals surface area contributed by atoms with Gasteiger partial charge in [-0.05, 0) is 47.9 Å². The van der Waals surface area contributed by atoms with Crippen LogP contribution in [-0.4, -0.2) is 22.9 Å². The van der Waals surface area contributed by atoms with E-state index >= 15 is 0 Å². The fourth-order valence-corrected chi connectivity index (χ4v) is 4.41. The molecule has 1 saturated carbocycles. The quantitative estimate of drug-likeness (QED) is 0.795. The number of carbonyl (C=O) groups is 2. The van der Waals surface area contributed by atoms with Crippen molar-refractivity contribution in [1.82, 2.24) is 10.2 Å². The molecule has 0 atom stereocenters. The Morgan fingerprint density at radius 2 is 1.70 bits per heavy atom. The van der Waals surface area contributed by atoms with Crippen LogP contribution in [0.5, 0.6) is 0 Å². The first-order chi connectivity index (χ1) is 14.6. The van der Waals surface area contributed by atoms with Crippen molar-refractivity contribution in [3.8, 4) is 0 Å². The third-order valence-corrected chi connectivity index (χ3v) is 6.15. The molecule has 158 valence electrons. The van der Waals surface area contributed by atoms with Crippen molar-refractivity contribution < 1.29 is 14.3 Å². The van der Waals surface area contributed by atoms with Crippen LogP contribution in [0.15, 0.2) is 48.5 Å². The summed E-state index contributed by atoms with van der Waals surface area (Å²) < 4.78 is 5.31. The van der Waals surface area contributed by atoms with Crippen molar-refractivity contribution in [2.24, 2.45) is 11.7 Å². The smallest absolute Gasteiger partial charge is 0.407 e. The van der Waals surface area contributed by atoms with Crippen molar-refractivity contribution >= 4 is 12.0 Å². The lowest BCUT2D eigenvalue weighted by Gasteiger charge is -2.30. The summed E-state index contributed by atoms with van der Waals surface area (Å²) in [5.74, 6) is 0.261. The third kappa shape index (κ3) is 4.82. The summed E-state index contributed by atoms with van der Waals surface area (Å²) in [4.78, 5) is 27.0. The fourth-order valence-electron chi connectivity index (χ4n) is 4.41. The fraction of sp³-hybridized carbons (Fsp3) is 0.417. The van der Waals surface area contributed by atoms with Gasteiger partial charge < -0.3 is 20.7 Å². The number of ether oxygens (including phenoxy) is 1. The number of alkyl carbamates (subject to hydrolysis) is 1. The Balaban J connectivity index is 1.21. The first-order valence-electron chi connectivity index (χ1n) is 10.7. The zero-order chi connectivity index (χ0) is 20.9. The predicted octanol–water partition coefficient (Wildman–Crippen LogP) is 3.47. The van der Waals surface area contributed by atoms with Crippen LogP contribution in [-0.2, 0) is 35.8 Å². The lowest BCUT2D eigenvalue weighted by Crippen LogP contribution is -2.41. The van der Waals surface area contributed by atoms with Gasteiger partial charge in [-0.2, -0.15) is 0 Å². The number of hydrogen-bond acceptors (Lipinski definition) is 4. The lowest BCUT2D eigenvalue weighted by molar-refractivity contribution is -0.137. The topological polar surface area (TPSA) is 84.7 Å². The molecule has 2 aliphatic rings. The van der Waals surface area contributed by atoms with Crippen LogP contribution in [0.25, 0.3) is 0 Å². The van der Waals surface area contributed by atoms with Gasteiger partial charge in [0.15, 0.2) is 0 Å². The van der Waals surface area contributed by atoms with Crippen molar-refractivity contribution in [3.63, 3.8) is 0 Å². The lowest BCUT2D eigenvalue weighted by atomic mass is 9.85. The Labute approximate surface area is 177 Å². The first kappa shape index (κ1) is 20.4.